The van der Waals surface area contributed by atoms with E-state index in [1.54, 1.807) is 7.11 Å². The predicted molar refractivity (Wildman–Crippen MR) is 85.7 cm³/mol. The van der Waals surface area contributed by atoms with Crippen molar-refractivity contribution in [2.45, 2.75) is 19.1 Å². The number of benzene rings is 1. The first-order chi connectivity index (χ1) is 10.9. The molecule has 0 saturated carbocycles. The van der Waals surface area contributed by atoms with Gasteiger partial charge in [0.05, 0.1) is 13.0 Å². The molecular formula is C15H23F3N4O. The highest BCUT2D eigenvalue weighted by Gasteiger charge is 2.26. The molecule has 0 radical (unpaired) electrons. The van der Waals surface area contributed by atoms with Crippen molar-refractivity contribution in [1.82, 2.24) is 10.6 Å². The van der Waals surface area contributed by atoms with Crippen LogP contribution >= 0.6 is 0 Å². The van der Waals surface area contributed by atoms with E-state index in [1.807, 2.05) is 24.3 Å². The van der Waals surface area contributed by atoms with Gasteiger partial charge >= 0.3 is 6.18 Å². The maximum absolute atomic E-state index is 12.1. The van der Waals surface area contributed by atoms with Crippen LogP contribution in [0.15, 0.2) is 29.3 Å². The Balaban J connectivity index is 2.35. The van der Waals surface area contributed by atoms with Gasteiger partial charge in [0, 0.05) is 39.5 Å². The Morgan fingerprint density at radius 1 is 1.13 bits per heavy atom. The van der Waals surface area contributed by atoms with Gasteiger partial charge in [-0.25, -0.2) is 0 Å². The number of ether oxygens (including phenoxy) is 1. The van der Waals surface area contributed by atoms with Gasteiger partial charge in [0.25, 0.3) is 0 Å². The molecule has 0 aliphatic carbocycles. The lowest BCUT2D eigenvalue weighted by Crippen LogP contribution is -2.38. The average Bonchev–Trinajstić information content (AvgIpc) is 2.51. The van der Waals surface area contributed by atoms with Crippen LogP contribution in [0, 0.1) is 0 Å². The van der Waals surface area contributed by atoms with E-state index in [9.17, 15) is 13.2 Å². The van der Waals surface area contributed by atoms with Crippen LogP contribution in [0.5, 0.6) is 0 Å². The molecule has 0 amide bonds. The summed E-state index contributed by atoms with van der Waals surface area (Å²) in [6, 6.07) is 7.75. The van der Waals surface area contributed by atoms with Gasteiger partial charge in [-0.2, -0.15) is 13.2 Å². The molecular weight excluding hydrogens is 309 g/mol. The molecule has 1 aromatic rings. The number of halogens is 3. The van der Waals surface area contributed by atoms with Crippen LogP contribution in [0.3, 0.4) is 0 Å². The summed E-state index contributed by atoms with van der Waals surface area (Å²) in [7, 11) is 3.16. The van der Waals surface area contributed by atoms with E-state index in [0.29, 0.717) is 19.1 Å². The minimum absolute atomic E-state index is 0.203. The monoisotopic (exact) mass is 332 g/mol. The first kappa shape index (κ1) is 19.1. The van der Waals surface area contributed by atoms with E-state index < -0.39 is 12.6 Å². The van der Waals surface area contributed by atoms with Gasteiger partial charge in [-0.3, -0.25) is 4.99 Å². The Bertz CT molecular complexity index is 475. The third-order valence-corrected chi connectivity index (χ3v) is 2.97. The summed E-state index contributed by atoms with van der Waals surface area (Å²) < 4.78 is 41.2. The molecule has 0 aliphatic rings. The van der Waals surface area contributed by atoms with Gasteiger partial charge in [-0.15, -0.1) is 0 Å². The van der Waals surface area contributed by atoms with E-state index in [1.165, 1.54) is 7.05 Å². The van der Waals surface area contributed by atoms with Crippen LogP contribution in [0.2, 0.25) is 0 Å². The number of nitrogens with one attached hydrogen (secondary N) is 3. The van der Waals surface area contributed by atoms with Crippen molar-refractivity contribution in [3.05, 3.63) is 29.8 Å². The Kier molecular flexibility index (Phi) is 8.25. The summed E-state index contributed by atoms with van der Waals surface area (Å²) in [4.78, 5) is 3.89. The number of nitrogens with zero attached hydrogens (tertiary/aromatic N) is 1. The molecule has 0 spiro atoms. The summed E-state index contributed by atoms with van der Waals surface area (Å²) in [5.41, 5.74) is 1.99. The summed E-state index contributed by atoms with van der Waals surface area (Å²) in [5.74, 6) is 0.344. The zero-order valence-corrected chi connectivity index (χ0v) is 13.3. The fourth-order valence-electron chi connectivity index (χ4n) is 1.77. The molecule has 8 heteroatoms. The predicted octanol–water partition coefficient (Wildman–Crippen LogP) is 2.36. The van der Waals surface area contributed by atoms with Crippen LogP contribution in [0.25, 0.3) is 0 Å². The van der Waals surface area contributed by atoms with Crippen molar-refractivity contribution >= 4 is 11.6 Å². The molecule has 1 aromatic carbocycles. The molecule has 0 saturated heterocycles. The van der Waals surface area contributed by atoms with Crippen molar-refractivity contribution in [3.8, 4) is 0 Å². The van der Waals surface area contributed by atoms with E-state index in [2.05, 4.69) is 20.9 Å². The third kappa shape index (κ3) is 8.92. The van der Waals surface area contributed by atoms with E-state index in [4.69, 9.17) is 4.74 Å². The van der Waals surface area contributed by atoms with Gasteiger partial charge in [-0.05, 0) is 17.7 Å². The first-order valence-electron chi connectivity index (χ1n) is 7.27. The van der Waals surface area contributed by atoms with Crippen LogP contribution in [0.1, 0.15) is 12.0 Å². The number of alkyl halides is 3. The average molecular weight is 332 g/mol. The maximum Gasteiger partial charge on any atom is 0.390 e. The van der Waals surface area contributed by atoms with E-state index in [0.717, 1.165) is 17.8 Å². The second-order valence-electron chi connectivity index (χ2n) is 4.83. The molecule has 0 bridgehead atoms. The van der Waals surface area contributed by atoms with Crippen LogP contribution in [-0.4, -0.2) is 46.0 Å². The Morgan fingerprint density at radius 3 is 2.39 bits per heavy atom. The molecule has 0 aliphatic heterocycles. The highest BCUT2D eigenvalue weighted by molar-refractivity contribution is 5.79. The van der Waals surface area contributed by atoms with Gasteiger partial charge in [0.1, 0.15) is 0 Å². The quantitative estimate of drug-likeness (QED) is 0.389. The Hall–Kier alpha value is -1.96. The highest BCUT2D eigenvalue weighted by atomic mass is 19.4. The summed E-state index contributed by atoms with van der Waals surface area (Å²) >= 11 is 0. The van der Waals surface area contributed by atoms with Crippen LogP contribution in [0.4, 0.5) is 18.9 Å². The first-order valence-corrected chi connectivity index (χ1v) is 7.27. The van der Waals surface area contributed by atoms with Gasteiger partial charge in [0.15, 0.2) is 5.96 Å². The maximum atomic E-state index is 12.1. The smallest absolute Gasteiger partial charge is 0.383 e. The second-order valence-corrected chi connectivity index (χ2v) is 4.83. The molecule has 0 fully saturated rings. The molecule has 1 rings (SSSR count). The van der Waals surface area contributed by atoms with Gasteiger partial charge < -0.3 is 20.7 Å². The highest BCUT2D eigenvalue weighted by Crippen LogP contribution is 2.18. The minimum atomic E-state index is -4.17. The number of hydrogen-bond acceptors (Lipinski definition) is 3. The Labute approximate surface area is 134 Å². The zero-order valence-electron chi connectivity index (χ0n) is 13.3. The molecule has 130 valence electrons. The number of aliphatic imine (C=N–C) groups is 1. The third-order valence-electron chi connectivity index (χ3n) is 2.97. The molecule has 0 atom stereocenters. The lowest BCUT2D eigenvalue weighted by molar-refractivity contribution is -0.132. The summed E-state index contributed by atoms with van der Waals surface area (Å²) in [6.45, 7) is 1.63. The minimum Gasteiger partial charge on any atom is -0.383 e. The molecule has 0 unspecified atom stereocenters. The summed E-state index contributed by atoms with van der Waals surface area (Å²) in [6.07, 6.45) is -5.06. The van der Waals surface area contributed by atoms with Crippen molar-refractivity contribution in [2.75, 3.05) is 39.2 Å². The SMILES string of the molecule is CN=C(NCCC(F)(F)F)NCc1ccc(NCCOC)cc1. The standard InChI is InChI=1S/C15H23F3N4O/c1-19-14(21-8-7-15(16,17)18)22-11-12-3-5-13(6-4-12)20-9-10-23-2/h3-6,20H,7-11H2,1-2H3,(H2,19,21,22). The van der Waals surface area contributed by atoms with Crippen molar-refractivity contribution < 1.29 is 17.9 Å². The normalized spacial score (nSPS) is 12.1. The number of guanidine groups is 1. The zero-order chi connectivity index (χ0) is 17.1. The number of anilines is 1. The fraction of sp³-hybridized carbons (Fsp3) is 0.533. The lowest BCUT2D eigenvalue weighted by Gasteiger charge is -2.13. The molecule has 0 heterocycles. The van der Waals surface area contributed by atoms with Crippen molar-refractivity contribution in [2.24, 2.45) is 4.99 Å². The molecule has 23 heavy (non-hydrogen) atoms. The Morgan fingerprint density at radius 2 is 1.83 bits per heavy atom. The number of rotatable bonds is 8. The van der Waals surface area contributed by atoms with Crippen LogP contribution in [-0.2, 0) is 11.3 Å². The molecule has 0 aromatic heterocycles. The fourth-order valence-corrected chi connectivity index (χ4v) is 1.77. The number of methoxy groups -OCH3 is 1. The van der Waals surface area contributed by atoms with Crippen LogP contribution < -0.4 is 16.0 Å². The lowest BCUT2D eigenvalue weighted by atomic mass is 10.2. The van der Waals surface area contributed by atoms with E-state index in [-0.39, 0.29) is 6.54 Å². The summed E-state index contributed by atoms with van der Waals surface area (Å²) in [5, 5.41) is 8.81. The largest absolute Gasteiger partial charge is 0.390 e. The van der Waals surface area contributed by atoms with Crippen molar-refractivity contribution in [1.29, 1.82) is 0 Å². The molecule has 3 N–H and O–H groups in total. The van der Waals surface area contributed by atoms with Gasteiger partial charge in [0.2, 0.25) is 0 Å². The van der Waals surface area contributed by atoms with E-state index >= 15 is 0 Å². The van der Waals surface area contributed by atoms with Crippen molar-refractivity contribution in [3.63, 3.8) is 0 Å². The second kappa shape index (κ2) is 9.94. The van der Waals surface area contributed by atoms with Gasteiger partial charge in [-0.1, -0.05) is 12.1 Å². The number of hydrogen-bond donors (Lipinski definition) is 3. The topological polar surface area (TPSA) is 57.7 Å². The molecule has 5 nitrogen and oxygen atoms in total.